The van der Waals surface area contributed by atoms with Gasteiger partial charge < -0.3 is 43.4 Å². The summed E-state index contributed by atoms with van der Waals surface area (Å²) < 4.78 is 35.1. The van der Waals surface area contributed by atoms with Crippen LogP contribution < -0.4 is 0 Å². The van der Waals surface area contributed by atoms with Gasteiger partial charge in [-0.25, -0.2) is 0 Å². The van der Waals surface area contributed by atoms with Gasteiger partial charge in [0.15, 0.2) is 0 Å². The van der Waals surface area contributed by atoms with Crippen molar-refractivity contribution in [1.29, 1.82) is 0 Å². The van der Waals surface area contributed by atoms with E-state index in [1.807, 2.05) is 0 Å². The molecular formula is C16H36O9. The minimum Gasteiger partial charge on any atom is -0.394 e. The Morgan fingerprint density at radius 3 is 0.880 bits per heavy atom. The summed E-state index contributed by atoms with van der Waals surface area (Å²) in [5.74, 6) is 0. The van der Waals surface area contributed by atoms with Crippen LogP contribution >= 0.6 is 0 Å². The third-order valence-electron chi connectivity index (χ3n) is 2.45. The maximum Gasteiger partial charge on any atom is 0.0701 e. The standard InChI is InChI=1S/C10H22O5.C6H14O4/c1-11-3-5-13-7-9-15-10-8-14-6-4-12-2;7-1-3-9-5-6-10-4-2-8/h3-10H2,1-2H3;7-8H,1-6H2. The molecule has 0 saturated carbocycles. The highest BCUT2D eigenvalue weighted by Crippen LogP contribution is 1.82. The molecule has 9 heteroatoms. The summed E-state index contributed by atoms with van der Waals surface area (Å²) in [7, 11) is 3.30. The third kappa shape index (κ3) is 31.9. The van der Waals surface area contributed by atoms with Gasteiger partial charge in [0.2, 0.25) is 0 Å². The second kappa shape index (κ2) is 28.4. The molecule has 9 nitrogen and oxygen atoms in total. The molecule has 0 aliphatic rings. The number of ether oxygens (including phenoxy) is 7. The molecule has 0 spiro atoms. The van der Waals surface area contributed by atoms with Crippen LogP contribution in [0.5, 0.6) is 0 Å². The summed E-state index contributed by atoms with van der Waals surface area (Å²) >= 11 is 0. The number of hydrogen-bond donors (Lipinski definition) is 2. The predicted molar refractivity (Wildman–Crippen MR) is 92.0 cm³/mol. The Hall–Kier alpha value is -0.360. The molecule has 0 saturated heterocycles. The van der Waals surface area contributed by atoms with Crippen molar-refractivity contribution in [3.05, 3.63) is 0 Å². The molecule has 0 aromatic carbocycles. The lowest BCUT2D eigenvalue weighted by Gasteiger charge is -2.06. The molecular weight excluding hydrogens is 336 g/mol. The summed E-state index contributed by atoms with van der Waals surface area (Å²) in [6.45, 7) is 6.60. The first kappa shape index (κ1) is 26.9. The van der Waals surface area contributed by atoms with Crippen LogP contribution in [-0.4, -0.2) is 117 Å². The van der Waals surface area contributed by atoms with Crippen molar-refractivity contribution in [3.63, 3.8) is 0 Å². The zero-order valence-corrected chi connectivity index (χ0v) is 15.7. The topological polar surface area (TPSA) is 105 Å². The average molecular weight is 372 g/mol. The molecule has 0 rings (SSSR count). The summed E-state index contributed by atoms with van der Waals surface area (Å²) in [6.07, 6.45) is 0. The van der Waals surface area contributed by atoms with E-state index in [0.717, 1.165) is 0 Å². The van der Waals surface area contributed by atoms with Crippen molar-refractivity contribution in [1.82, 2.24) is 0 Å². The van der Waals surface area contributed by atoms with Gasteiger partial charge in [-0.1, -0.05) is 0 Å². The van der Waals surface area contributed by atoms with Gasteiger partial charge >= 0.3 is 0 Å². The molecule has 0 unspecified atom stereocenters. The number of methoxy groups -OCH3 is 2. The zero-order chi connectivity index (χ0) is 18.8. The van der Waals surface area contributed by atoms with Crippen molar-refractivity contribution < 1.29 is 43.4 Å². The lowest BCUT2D eigenvalue weighted by molar-refractivity contribution is -0.00380. The summed E-state index contributed by atoms with van der Waals surface area (Å²) in [5, 5.41) is 16.5. The Morgan fingerprint density at radius 1 is 0.400 bits per heavy atom. The maximum absolute atomic E-state index is 8.26. The first-order valence-electron chi connectivity index (χ1n) is 8.41. The van der Waals surface area contributed by atoms with E-state index >= 15 is 0 Å². The molecule has 0 radical (unpaired) electrons. The first-order valence-corrected chi connectivity index (χ1v) is 8.41. The van der Waals surface area contributed by atoms with E-state index in [1.165, 1.54) is 0 Å². The molecule has 0 aliphatic heterocycles. The van der Waals surface area contributed by atoms with Crippen LogP contribution in [0.25, 0.3) is 0 Å². The molecule has 0 atom stereocenters. The van der Waals surface area contributed by atoms with E-state index in [0.29, 0.717) is 79.3 Å². The molecule has 0 amide bonds. The highest BCUT2D eigenvalue weighted by Gasteiger charge is 1.91. The van der Waals surface area contributed by atoms with E-state index in [2.05, 4.69) is 0 Å². The fourth-order valence-electron chi connectivity index (χ4n) is 1.28. The van der Waals surface area contributed by atoms with Crippen LogP contribution in [0.2, 0.25) is 0 Å². The number of hydrogen-bond acceptors (Lipinski definition) is 9. The van der Waals surface area contributed by atoms with Gasteiger partial charge in [-0.3, -0.25) is 0 Å². The first-order chi connectivity index (χ1) is 12.3. The Bertz CT molecular complexity index is 188. The van der Waals surface area contributed by atoms with Crippen LogP contribution in [-0.2, 0) is 33.2 Å². The Morgan fingerprint density at radius 2 is 0.640 bits per heavy atom. The van der Waals surface area contributed by atoms with Gasteiger partial charge in [-0.2, -0.15) is 0 Å². The maximum atomic E-state index is 8.26. The second-order valence-electron chi connectivity index (χ2n) is 4.49. The molecule has 0 heterocycles. The fraction of sp³-hybridized carbons (Fsp3) is 1.00. The molecule has 154 valence electrons. The minimum absolute atomic E-state index is 0.0417. The van der Waals surface area contributed by atoms with E-state index in [1.54, 1.807) is 14.2 Å². The van der Waals surface area contributed by atoms with Crippen LogP contribution in [0.15, 0.2) is 0 Å². The lowest BCUT2D eigenvalue weighted by Crippen LogP contribution is -2.12. The van der Waals surface area contributed by atoms with Crippen LogP contribution in [0.3, 0.4) is 0 Å². The van der Waals surface area contributed by atoms with Crippen molar-refractivity contribution >= 4 is 0 Å². The van der Waals surface area contributed by atoms with Crippen LogP contribution in [0.4, 0.5) is 0 Å². The Labute approximate surface area is 151 Å². The number of rotatable bonds is 19. The predicted octanol–water partition coefficient (Wildman–Crippen LogP) is -0.667. The number of aliphatic hydroxyl groups is 2. The van der Waals surface area contributed by atoms with Crippen LogP contribution in [0.1, 0.15) is 0 Å². The van der Waals surface area contributed by atoms with Gasteiger partial charge in [0.05, 0.1) is 92.5 Å². The molecule has 0 aromatic rings. The highest BCUT2D eigenvalue weighted by molar-refractivity contribution is 4.34. The van der Waals surface area contributed by atoms with Gasteiger partial charge in [0, 0.05) is 14.2 Å². The van der Waals surface area contributed by atoms with Gasteiger partial charge in [0.1, 0.15) is 0 Å². The largest absolute Gasteiger partial charge is 0.394 e. The van der Waals surface area contributed by atoms with Crippen molar-refractivity contribution in [3.8, 4) is 0 Å². The van der Waals surface area contributed by atoms with Gasteiger partial charge in [-0.05, 0) is 0 Å². The van der Waals surface area contributed by atoms with E-state index in [9.17, 15) is 0 Å². The SMILES string of the molecule is COCCOCCOCCOCCOC.OCCOCCOCCO. The molecule has 25 heavy (non-hydrogen) atoms. The molecule has 0 fully saturated rings. The average Bonchev–Trinajstić information content (AvgIpc) is 2.63. The molecule has 2 N–H and O–H groups in total. The van der Waals surface area contributed by atoms with Crippen molar-refractivity contribution in [2.45, 2.75) is 0 Å². The zero-order valence-electron chi connectivity index (χ0n) is 15.7. The van der Waals surface area contributed by atoms with E-state index in [-0.39, 0.29) is 13.2 Å². The van der Waals surface area contributed by atoms with Gasteiger partial charge in [-0.15, -0.1) is 0 Å². The van der Waals surface area contributed by atoms with Crippen molar-refractivity contribution in [2.24, 2.45) is 0 Å². The fourth-order valence-corrected chi connectivity index (χ4v) is 1.28. The van der Waals surface area contributed by atoms with E-state index < -0.39 is 0 Å². The second-order valence-corrected chi connectivity index (χ2v) is 4.49. The highest BCUT2D eigenvalue weighted by atomic mass is 16.6. The smallest absolute Gasteiger partial charge is 0.0701 e. The summed E-state index contributed by atoms with van der Waals surface area (Å²) in [4.78, 5) is 0. The van der Waals surface area contributed by atoms with Crippen LogP contribution in [0, 0.1) is 0 Å². The Kier molecular flexibility index (Phi) is 30.6. The number of aliphatic hydroxyl groups excluding tert-OH is 2. The Balaban J connectivity index is 0. The van der Waals surface area contributed by atoms with Gasteiger partial charge in [0.25, 0.3) is 0 Å². The molecule has 0 aromatic heterocycles. The minimum atomic E-state index is 0.0417. The van der Waals surface area contributed by atoms with E-state index in [4.69, 9.17) is 43.4 Å². The molecule has 0 bridgehead atoms. The third-order valence-corrected chi connectivity index (χ3v) is 2.45. The summed E-state index contributed by atoms with van der Waals surface area (Å²) in [6, 6.07) is 0. The summed E-state index contributed by atoms with van der Waals surface area (Å²) in [5.41, 5.74) is 0. The van der Waals surface area contributed by atoms with Crippen molar-refractivity contribution in [2.75, 3.05) is 107 Å². The quantitative estimate of drug-likeness (QED) is 0.286. The lowest BCUT2D eigenvalue weighted by atomic mass is 10.7. The molecule has 0 aliphatic carbocycles. The normalized spacial score (nSPS) is 10.6. The monoisotopic (exact) mass is 372 g/mol.